The zero-order valence-corrected chi connectivity index (χ0v) is 34.0. The van der Waals surface area contributed by atoms with Crippen LogP contribution in [0.1, 0.15) is 88.6 Å². The Hall–Kier alpha value is -3.21. The molecule has 3 heterocycles. The lowest BCUT2D eigenvalue weighted by Crippen LogP contribution is -3.00. The van der Waals surface area contributed by atoms with Gasteiger partial charge in [0, 0.05) is 88.6 Å². The first kappa shape index (κ1) is 42.8. The number of unbranched alkanes of at least 4 members (excludes halogenated alkanes) is 3. The monoisotopic (exact) mass is 831 g/mol. The van der Waals surface area contributed by atoms with E-state index in [0.29, 0.717) is 0 Å². The predicted octanol–water partition coefficient (Wildman–Crippen LogP) is -2.09. The Labute approximate surface area is 321 Å². The van der Waals surface area contributed by atoms with Gasteiger partial charge in [-0.3, -0.25) is 0 Å². The minimum absolute atomic E-state index is 0. The van der Waals surface area contributed by atoms with E-state index in [1.165, 1.54) is 33.4 Å². The van der Waals surface area contributed by atoms with Crippen molar-refractivity contribution in [2.24, 2.45) is 0 Å². The zero-order valence-electron chi connectivity index (χ0n) is 29.3. The van der Waals surface area contributed by atoms with Crippen molar-refractivity contribution >= 4 is 0 Å². The van der Waals surface area contributed by atoms with Crippen molar-refractivity contribution in [2.45, 2.75) is 99.7 Å². The smallest absolute Gasteiger partial charge is 0.171 e. The number of benzene rings is 1. The predicted molar refractivity (Wildman–Crippen MR) is 183 cm³/mol. The Bertz CT molecular complexity index is 1540. The summed E-state index contributed by atoms with van der Waals surface area (Å²) in [6.45, 7) is 15.8. The number of pyridine rings is 3. The lowest BCUT2D eigenvalue weighted by Gasteiger charge is -1.99. The van der Waals surface area contributed by atoms with Crippen LogP contribution in [0.25, 0.3) is 0 Å². The van der Waals surface area contributed by atoms with Gasteiger partial charge in [0.2, 0.25) is 0 Å². The van der Waals surface area contributed by atoms with Crippen LogP contribution in [0.15, 0.2) is 73.6 Å². The molecule has 0 bridgehead atoms. The maximum atomic E-state index is 3.40. The van der Waals surface area contributed by atoms with Crippen molar-refractivity contribution in [2.75, 3.05) is 0 Å². The van der Waals surface area contributed by atoms with Crippen LogP contribution in [0, 0.1) is 77.1 Å². The summed E-state index contributed by atoms with van der Waals surface area (Å²) < 4.78 is 6.81. The molecule has 0 fully saturated rings. The fourth-order valence-electron chi connectivity index (χ4n) is 5.76. The number of halogens is 3. The number of aryl methyl sites for hydroxylation is 9. The topological polar surface area (TPSA) is 11.6 Å². The van der Waals surface area contributed by atoms with Crippen LogP contribution in [-0.4, -0.2) is 0 Å². The highest BCUT2D eigenvalue weighted by Crippen LogP contribution is 2.10. The van der Waals surface area contributed by atoms with Crippen LogP contribution in [-0.2, 0) is 19.6 Å². The molecule has 0 amide bonds. The van der Waals surface area contributed by atoms with Gasteiger partial charge in [0.1, 0.15) is 19.6 Å². The molecule has 0 spiro atoms. The third-order valence-corrected chi connectivity index (χ3v) is 7.37. The van der Waals surface area contributed by atoms with Gasteiger partial charge in [0.05, 0.1) is 0 Å². The first-order valence-electron chi connectivity index (χ1n) is 16.3. The van der Waals surface area contributed by atoms with Crippen LogP contribution < -0.4 is 64.6 Å². The summed E-state index contributed by atoms with van der Waals surface area (Å²) in [5.41, 5.74) is 10.7. The highest BCUT2D eigenvalue weighted by atomic mass is 79.9. The third-order valence-electron chi connectivity index (χ3n) is 7.37. The van der Waals surface area contributed by atoms with Gasteiger partial charge in [-0.15, -0.1) is 0 Å². The minimum atomic E-state index is 0. The van der Waals surface area contributed by atoms with Gasteiger partial charge in [-0.25, -0.2) is 13.7 Å². The molecule has 3 aromatic heterocycles. The Balaban J connectivity index is 0.00000384. The van der Waals surface area contributed by atoms with E-state index in [1.54, 1.807) is 0 Å². The summed E-state index contributed by atoms with van der Waals surface area (Å²) >= 11 is 0. The number of hydrogen-bond donors (Lipinski definition) is 0. The van der Waals surface area contributed by atoms with Crippen LogP contribution in [0.4, 0.5) is 0 Å². The molecule has 252 valence electrons. The average molecular weight is 835 g/mol. The second-order valence-electron chi connectivity index (χ2n) is 12.4. The molecule has 0 saturated carbocycles. The first-order valence-corrected chi connectivity index (χ1v) is 16.3. The summed E-state index contributed by atoms with van der Waals surface area (Å²) in [6, 6.07) is 13.0. The van der Waals surface area contributed by atoms with Crippen molar-refractivity contribution in [3.05, 3.63) is 124 Å². The van der Waals surface area contributed by atoms with Gasteiger partial charge in [0.15, 0.2) is 37.2 Å². The van der Waals surface area contributed by atoms with Crippen LogP contribution in [0.3, 0.4) is 0 Å². The van der Waals surface area contributed by atoms with Crippen LogP contribution >= 0.6 is 0 Å². The van der Waals surface area contributed by atoms with Gasteiger partial charge in [-0.2, -0.15) is 0 Å². The fourth-order valence-corrected chi connectivity index (χ4v) is 5.76. The third kappa shape index (κ3) is 15.8. The Morgan fingerprint density at radius 1 is 0.375 bits per heavy atom. The van der Waals surface area contributed by atoms with Crippen molar-refractivity contribution < 1.29 is 64.6 Å². The van der Waals surface area contributed by atoms with Crippen molar-refractivity contribution in [1.29, 1.82) is 0 Å². The van der Waals surface area contributed by atoms with E-state index in [9.17, 15) is 0 Å². The molecule has 0 aliphatic rings. The lowest BCUT2D eigenvalue weighted by molar-refractivity contribution is -0.697. The number of rotatable bonds is 9. The second kappa shape index (κ2) is 22.4. The van der Waals surface area contributed by atoms with Crippen LogP contribution in [0.2, 0.25) is 0 Å². The van der Waals surface area contributed by atoms with Gasteiger partial charge in [-0.1, -0.05) is 35.5 Å². The molecule has 0 saturated heterocycles. The maximum absolute atomic E-state index is 3.40. The van der Waals surface area contributed by atoms with E-state index in [4.69, 9.17) is 0 Å². The van der Waals surface area contributed by atoms with Gasteiger partial charge in [-0.05, 0) is 77.9 Å². The molecule has 0 unspecified atom stereocenters. The number of aromatic nitrogens is 3. The number of hydrogen-bond acceptors (Lipinski definition) is 0. The van der Waals surface area contributed by atoms with Gasteiger partial charge < -0.3 is 50.9 Å². The Morgan fingerprint density at radius 3 is 0.833 bits per heavy atom. The molecule has 0 N–H and O–H groups in total. The molecular formula is C42H48Br3N3. The largest absolute Gasteiger partial charge is 1.00 e. The van der Waals surface area contributed by atoms with Crippen molar-refractivity contribution in [3.8, 4) is 35.5 Å². The van der Waals surface area contributed by atoms with E-state index in [0.717, 1.165) is 74.8 Å². The van der Waals surface area contributed by atoms with Crippen molar-refractivity contribution in [1.82, 2.24) is 0 Å². The standard InChI is InChI=1S/C42H48N3.3BrH/c1-34-22-35(2)29-43(28-34)19-13-7-10-16-40-25-41(17-11-8-14-20-44-30-36(3)23-37(4)31-44)27-42(26-40)18-12-9-15-21-45-32-38(5)24-39(6)33-45;;;/h22-33H,7-9,13-15,19-21H2,1-6H3;3*1H/q+3;;;/p-3. The highest BCUT2D eigenvalue weighted by Gasteiger charge is 2.05. The zero-order chi connectivity index (χ0) is 32.0. The molecule has 48 heavy (non-hydrogen) atoms. The Morgan fingerprint density at radius 2 is 0.604 bits per heavy atom. The minimum Gasteiger partial charge on any atom is -1.00 e. The molecule has 6 heteroatoms. The Kier molecular flexibility index (Phi) is 20.0. The second-order valence-corrected chi connectivity index (χ2v) is 12.4. The van der Waals surface area contributed by atoms with E-state index < -0.39 is 0 Å². The molecule has 0 radical (unpaired) electrons. The highest BCUT2D eigenvalue weighted by molar-refractivity contribution is 5.51. The average Bonchev–Trinajstić information content (AvgIpc) is 2.95. The summed E-state index contributed by atoms with van der Waals surface area (Å²) in [5.74, 6) is 20.4. The lowest BCUT2D eigenvalue weighted by atomic mass is 10.1. The van der Waals surface area contributed by atoms with Crippen molar-refractivity contribution in [3.63, 3.8) is 0 Å². The normalized spacial score (nSPS) is 9.62. The van der Waals surface area contributed by atoms with Gasteiger partial charge >= 0.3 is 0 Å². The number of nitrogens with zero attached hydrogens (tertiary/aromatic N) is 3. The molecule has 0 aliphatic heterocycles. The first-order chi connectivity index (χ1) is 21.7. The van der Waals surface area contributed by atoms with Gasteiger partial charge in [0.25, 0.3) is 0 Å². The maximum Gasteiger partial charge on any atom is 0.171 e. The summed E-state index contributed by atoms with van der Waals surface area (Å²) in [4.78, 5) is 0. The SMILES string of the molecule is Cc1cc(C)c[n+](CCCC#Cc2cc(C#CCCC[n+]3cc(C)cc(C)c3)cc(C#CCCC[n+]3cc(C)cc(C)c3)c2)c1.[Br-].[Br-].[Br-]. The molecule has 0 atom stereocenters. The summed E-state index contributed by atoms with van der Waals surface area (Å²) in [6.07, 6.45) is 18.8. The van der Waals surface area contributed by atoms with E-state index in [2.05, 4.69) is 164 Å². The molecule has 1 aromatic carbocycles. The van der Waals surface area contributed by atoms with E-state index in [1.807, 2.05) is 0 Å². The van der Waals surface area contributed by atoms with Crippen LogP contribution in [0.5, 0.6) is 0 Å². The molecular weight excluding hydrogens is 786 g/mol. The molecule has 0 aliphatic carbocycles. The van der Waals surface area contributed by atoms with E-state index in [-0.39, 0.29) is 50.9 Å². The fraction of sp³-hybridized carbons (Fsp3) is 0.357. The summed E-state index contributed by atoms with van der Waals surface area (Å²) in [7, 11) is 0. The summed E-state index contributed by atoms with van der Waals surface area (Å²) in [5, 5.41) is 0. The molecule has 3 nitrogen and oxygen atoms in total. The quantitative estimate of drug-likeness (QED) is 0.104. The van der Waals surface area contributed by atoms with E-state index >= 15 is 0 Å². The molecule has 4 aromatic rings. The molecule has 4 rings (SSSR count).